The van der Waals surface area contributed by atoms with Gasteiger partial charge in [-0.05, 0) is 31.0 Å². The lowest BCUT2D eigenvalue weighted by atomic mass is 9.99. The maximum atomic E-state index is 14.9. The monoisotopic (exact) mass is 729 g/mol. The predicted octanol–water partition coefficient (Wildman–Crippen LogP) is 9.80. The highest BCUT2D eigenvalue weighted by molar-refractivity contribution is 6.74. The Morgan fingerprint density at radius 2 is 1.55 bits per heavy atom. The van der Waals surface area contributed by atoms with Crippen molar-refractivity contribution in [2.75, 3.05) is 11.9 Å². The Hall–Kier alpha value is -2.88. The Morgan fingerprint density at radius 1 is 0.980 bits per heavy atom. The summed E-state index contributed by atoms with van der Waals surface area (Å²) in [5.74, 6) is 2.20. The molecule has 286 valence electrons. The number of nitrogens with one attached hydrogen (secondary N) is 1. The third-order valence-electron chi connectivity index (χ3n) is 10.4. The average molecular weight is 730 g/mol. The van der Waals surface area contributed by atoms with Crippen LogP contribution < -0.4 is 5.32 Å². The van der Waals surface area contributed by atoms with Crippen LogP contribution in [0, 0.1) is 18.4 Å². The SMILES string of the molecule is C#C[C@]1(COC(=O)CCCCCC)O[C@@H](n2cnc3c(NC(=O)CCCCCCCCCCCCC)nc(F)nc32)C[C@@H]1O[Si](C)(C)C(C)(C)C. The summed E-state index contributed by atoms with van der Waals surface area (Å²) < 4.78 is 35.6. The summed E-state index contributed by atoms with van der Waals surface area (Å²) in [6, 6.07) is 0. The van der Waals surface area contributed by atoms with E-state index in [-0.39, 0.29) is 40.5 Å². The van der Waals surface area contributed by atoms with Gasteiger partial charge in [0, 0.05) is 19.3 Å². The van der Waals surface area contributed by atoms with Gasteiger partial charge in [0.1, 0.15) is 12.8 Å². The number of carbonyl (C=O) groups excluding carboxylic acids is 2. The third kappa shape index (κ3) is 12.6. The quantitative estimate of drug-likeness (QED) is 0.0395. The molecule has 1 saturated heterocycles. The largest absolute Gasteiger partial charge is 0.461 e. The van der Waals surface area contributed by atoms with Crippen molar-refractivity contribution in [3.8, 4) is 12.3 Å². The summed E-state index contributed by atoms with van der Waals surface area (Å²) in [5.41, 5.74) is -0.984. The summed E-state index contributed by atoms with van der Waals surface area (Å²) >= 11 is 0. The number of halogens is 1. The molecule has 0 aliphatic carbocycles. The Balaban J connectivity index is 1.69. The minimum absolute atomic E-state index is 0.0107. The van der Waals surface area contributed by atoms with E-state index in [1.54, 1.807) is 4.57 Å². The van der Waals surface area contributed by atoms with Gasteiger partial charge in [-0.25, -0.2) is 4.98 Å². The van der Waals surface area contributed by atoms with Crippen LogP contribution in [0.5, 0.6) is 0 Å². The second kappa shape index (κ2) is 20.4. The highest BCUT2D eigenvalue weighted by Crippen LogP contribution is 2.45. The van der Waals surface area contributed by atoms with Crippen LogP contribution in [-0.4, -0.2) is 58.0 Å². The van der Waals surface area contributed by atoms with Crippen LogP contribution in [0.2, 0.25) is 18.1 Å². The van der Waals surface area contributed by atoms with Crippen molar-refractivity contribution >= 4 is 37.2 Å². The normalized spacial score (nSPS) is 19.4. The molecule has 0 unspecified atom stereocenters. The lowest BCUT2D eigenvalue weighted by Gasteiger charge is -2.41. The van der Waals surface area contributed by atoms with Gasteiger partial charge < -0.3 is 19.2 Å². The molecular formula is C39H64FN5O5Si. The summed E-state index contributed by atoms with van der Waals surface area (Å²) in [6.07, 6.45) is 23.1. The van der Waals surface area contributed by atoms with E-state index in [0.29, 0.717) is 19.3 Å². The molecule has 1 aliphatic heterocycles. The van der Waals surface area contributed by atoms with E-state index in [4.69, 9.17) is 20.3 Å². The molecule has 3 heterocycles. The first-order valence-corrected chi connectivity index (χ1v) is 22.4. The first-order valence-electron chi connectivity index (χ1n) is 19.5. The Kier molecular flexibility index (Phi) is 17.0. The Bertz CT molecular complexity index is 1440. The van der Waals surface area contributed by atoms with Gasteiger partial charge in [0.05, 0.1) is 12.4 Å². The molecule has 0 saturated carbocycles. The van der Waals surface area contributed by atoms with Gasteiger partial charge in [-0.2, -0.15) is 14.4 Å². The van der Waals surface area contributed by atoms with Crippen molar-refractivity contribution in [3.63, 3.8) is 0 Å². The molecule has 1 fully saturated rings. The van der Waals surface area contributed by atoms with Gasteiger partial charge in [-0.15, -0.1) is 6.42 Å². The highest BCUT2D eigenvalue weighted by atomic mass is 28.4. The molecule has 0 spiro atoms. The van der Waals surface area contributed by atoms with E-state index in [1.165, 1.54) is 57.7 Å². The molecule has 3 rings (SSSR count). The molecule has 10 nitrogen and oxygen atoms in total. The molecule has 51 heavy (non-hydrogen) atoms. The summed E-state index contributed by atoms with van der Waals surface area (Å²) in [7, 11) is -2.37. The fraction of sp³-hybridized carbons (Fsp3) is 0.769. The molecular weight excluding hydrogens is 666 g/mol. The van der Waals surface area contributed by atoms with Crippen molar-refractivity contribution in [1.29, 1.82) is 0 Å². The fourth-order valence-corrected chi connectivity index (χ4v) is 7.52. The molecule has 2 aromatic heterocycles. The lowest BCUT2D eigenvalue weighted by molar-refractivity contribution is -0.156. The van der Waals surface area contributed by atoms with Gasteiger partial charge in [0.15, 0.2) is 30.9 Å². The third-order valence-corrected chi connectivity index (χ3v) is 14.9. The maximum Gasteiger partial charge on any atom is 0.312 e. The second-order valence-corrected chi connectivity index (χ2v) is 20.4. The fourth-order valence-electron chi connectivity index (χ4n) is 6.17. The predicted molar refractivity (Wildman–Crippen MR) is 203 cm³/mol. The van der Waals surface area contributed by atoms with Crippen LogP contribution in [0.15, 0.2) is 6.33 Å². The number of terminal acetylenes is 1. The second-order valence-electron chi connectivity index (χ2n) is 15.7. The van der Waals surface area contributed by atoms with E-state index < -0.39 is 32.3 Å². The van der Waals surface area contributed by atoms with Crippen LogP contribution in [0.4, 0.5) is 10.2 Å². The summed E-state index contributed by atoms with van der Waals surface area (Å²) in [6.45, 7) is 14.8. The Morgan fingerprint density at radius 3 is 2.14 bits per heavy atom. The number of ether oxygens (including phenoxy) is 2. The summed E-state index contributed by atoms with van der Waals surface area (Å²) in [5, 5.41) is 2.63. The molecule has 1 aliphatic rings. The number of esters is 1. The zero-order valence-electron chi connectivity index (χ0n) is 32.5. The van der Waals surface area contributed by atoms with E-state index in [9.17, 15) is 14.0 Å². The molecule has 1 amide bonds. The number of fused-ring (bicyclic) bond motifs is 1. The van der Waals surface area contributed by atoms with Crippen molar-refractivity contribution in [2.45, 2.75) is 186 Å². The molecule has 0 radical (unpaired) electrons. The number of amides is 1. The van der Waals surface area contributed by atoms with E-state index >= 15 is 0 Å². The minimum Gasteiger partial charge on any atom is -0.461 e. The van der Waals surface area contributed by atoms with E-state index in [1.807, 2.05) is 0 Å². The number of carbonyl (C=O) groups is 2. The smallest absolute Gasteiger partial charge is 0.312 e. The molecule has 0 bridgehead atoms. The van der Waals surface area contributed by atoms with Gasteiger partial charge in [0.2, 0.25) is 5.91 Å². The molecule has 2 aromatic rings. The number of imidazole rings is 1. The first-order chi connectivity index (χ1) is 24.3. The zero-order valence-corrected chi connectivity index (χ0v) is 33.5. The highest BCUT2D eigenvalue weighted by Gasteiger charge is 2.54. The molecule has 0 aromatic carbocycles. The lowest BCUT2D eigenvalue weighted by Crippen LogP contribution is -2.52. The number of unbranched alkanes of at least 4 members (excludes halogenated alkanes) is 13. The molecule has 1 N–H and O–H groups in total. The van der Waals surface area contributed by atoms with Gasteiger partial charge >= 0.3 is 12.0 Å². The number of hydrogen-bond donors (Lipinski definition) is 1. The molecule has 3 atom stereocenters. The van der Waals surface area contributed by atoms with Crippen LogP contribution >= 0.6 is 0 Å². The van der Waals surface area contributed by atoms with E-state index in [0.717, 1.165) is 44.9 Å². The van der Waals surface area contributed by atoms with Crippen LogP contribution in [0.3, 0.4) is 0 Å². The van der Waals surface area contributed by atoms with E-state index in [2.05, 4.69) is 73.9 Å². The van der Waals surface area contributed by atoms with Gasteiger partial charge in [-0.1, -0.05) is 124 Å². The average Bonchev–Trinajstić information content (AvgIpc) is 3.65. The van der Waals surface area contributed by atoms with Crippen LogP contribution in [0.25, 0.3) is 11.2 Å². The van der Waals surface area contributed by atoms with Crippen molar-refractivity contribution in [2.24, 2.45) is 0 Å². The van der Waals surface area contributed by atoms with Crippen molar-refractivity contribution in [1.82, 2.24) is 19.5 Å². The van der Waals surface area contributed by atoms with Gasteiger partial charge in [0.25, 0.3) is 0 Å². The number of rotatable bonds is 23. The Labute approximate surface area is 306 Å². The number of nitrogens with zero attached hydrogens (tertiary/aromatic N) is 4. The van der Waals surface area contributed by atoms with Gasteiger partial charge in [-0.3, -0.25) is 14.2 Å². The standard InChI is InChI=1S/C39H64FN5O5Si/c1-9-12-14-16-17-18-19-20-21-22-23-25-31(46)42-35-34-36(44-37(40)43-35)45(29-41-34)32-27-30(50-51(7,8)38(4,5)6)39(11-3,49-32)28-48-33(47)26-24-15-13-10-2/h3,29-30,32H,9-10,12-28H2,1-2,4-8H3,(H,42,43,44,46)/t30-,32+,39+/m0/s1. The van der Waals surface area contributed by atoms with Crippen LogP contribution in [-0.2, 0) is 23.5 Å². The maximum absolute atomic E-state index is 14.9. The first kappa shape index (κ1) is 42.5. The number of hydrogen-bond acceptors (Lipinski definition) is 8. The van der Waals surface area contributed by atoms with Crippen molar-refractivity contribution < 1.29 is 27.9 Å². The summed E-state index contributed by atoms with van der Waals surface area (Å²) in [4.78, 5) is 37.9. The minimum atomic E-state index is -2.37. The van der Waals surface area contributed by atoms with Crippen molar-refractivity contribution in [3.05, 3.63) is 12.4 Å². The topological polar surface area (TPSA) is 117 Å². The zero-order chi connectivity index (χ0) is 37.5. The van der Waals surface area contributed by atoms with Crippen LogP contribution in [0.1, 0.15) is 156 Å². The molecule has 12 heteroatoms. The number of anilines is 1. The number of aromatic nitrogens is 4.